The van der Waals surface area contributed by atoms with Crippen molar-refractivity contribution in [3.05, 3.63) is 24.2 Å². The molecule has 2 fully saturated rings. The summed E-state index contributed by atoms with van der Waals surface area (Å²) >= 11 is 0. The molecule has 0 bridgehead atoms. The topological polar surface area (TPSA) is 118 Å². The van der Waals surface area contributed by atoms with E-state index < -0.39 is 5.97 Å². The predicted octanol–water partition coefficient (Wildman–Crippen LogP) is 1.63. The van der Waals surface area contributed by atoms with Crippen LogP contribution in [0.4, 0.5) is 17.5 Å². The summed E-state index contributed by atoms with van der Waals surface area (Å²) in [5.74, 6) is 0.438. The number of esters is 1. The molecular weight excluding hydrogens is 424 g/mol. The van der Waals surface area contributed by atoms with E-state index in [2.05, 4.69) is 30.6 Å². The largest absolute Gasteiger partial charge is 0.462 e. The molecule has 2 aliphatic rings. The number of aryl methyl sites for hydroxylation is 1. The van der Waals surface area contributed by atoms with Crippen LogP contribution in [0.25, 0.3) is 0 Å². The summed E-state index contributed by atoms with van der Waals surface area (Å²) in [5, 5.41) is 10.7. The minimum absolute atomic E-state index is 0.215. The van der Waals surface area contributed by atoms with Gasteiger partial charge in [0.15, 0.2) is 0 Å². The number of aromatic nitrogens is 4. The quantitative estimate of drug-likeness (QED) is 0.451. The molecule has 178 valence electrons. The predicted molar refractivity (Wildman–Crippen MR) is 123 cm³/mol. The molecule has 0 aromatic carbocycles. The Bertz CT molecular complexity index is 949. The van der Waals surface area contributed by atoms with E-state index in [4.69, 9.17) is 4.74 Å². The summed E-state index contributed by atoms with van der Waals surface area (Å²) in [6.07, 6.45) is 10.1. The van der Waals surface area contributed by atoms with Crippen molar-refractivity contribution < 1.29 is 14.3 Å². The van der Waals surface area contributed by atoms with Crippen molar-refractivity contribution in [2.45, 2.75) is 44.7 Å². The van der Waals surface area contributed by atoms with Crippen LogP contribution in [-0.4, -0.2) is 86.8 Å². The molecule has 0 atom stereocenters. The Morgan fingerprint density at radius 2 is 1.94 bits per heavy atom. The fraction of sp³-hybridized carbons (Fsp3) is 0.591. The minimum Gasteiger partial charge on any atom is -0.462 e. The Labute approximate surface area is 193 Å². The van der Waals surface area contributed by atoms with Crippen molar-refractivity contribution in [2.24, 2.45) is 7.05 Å². The van der Waals surface area contributed by atoms with Gasteiger partial charge in [-0.1, -0.05) is 0 Å². The summed E-state index contributed by atoms with van der Waals surface area (Å²) in [6.45, 7) is 5.54. The van der Waals surface area contributed by atoms with Crippen LogP contribution >= 0.6 is 0 Å². The minimum atomic E-state index is -0.435. The molecule has 33 heavy (non-hydrogen) atoms. The number of amides is 1. The van der Waals surface area contributed by atoms with Gasteiger partial charge in [0.25, 0.3) is 0 Å². The summed E-state index contributed by atoms with van der Waals surface area (Å²) in [7, 11) is 1.83. The van der Waals surface area contributed by atoms with Crippen LogP contribution in [0.2, 0.25) is 0 Å². The lowest BCUT2D eigenvalue weighted by atomic mass is 9.89. The van der Waals surface area contributed by atoms with E-state index in [0.717, 1.165) is 64.0 Å². The molecule has 2 aromatic heterocycles. The van der Waals surface area contributed by atoms with E-state index in [1.807, 2.05) is 18.1 Å². The summed E-state index contributed by atoms with van der Waals surface area (Å²) in [4.78, 5) is 36.6. The first-order valence-corrected chi connectivity index (χ1v) is 11.6. The number of anilines is 3. The zero-order chi connectivity index (χ0) is 23.2. The summed E-state index contributed by atoms with van der Waals surface area (Å²) in [6, 6.07) is 0.751. The molecule has 11 heteroatoms. The van der Waals surface area contributed by atoms with E-state index in [0.29, 0.717) is 23.4 Å². The van der Waals surface area contributed by atoms with Crippen LogP contribution < -0.4 is 10.6 Å². The van der Waals surface area contributed by atoms with Crippen molar-refractivity contribution in [3.8, 4) is 0 Å². The normalized spacial score (nSPS) is 21.5. The highest BCUT2D eigenvalue weighted by atomic mass is 16.5. The van der Waals surface area contributed by atoms with Gasteiger partial charge in [-0.2, -0.15) is 10.1 Å². The van der Waals surface area contributed by atoms with Gasteiger partial charge in [0, 0.05) is 57.7 Å². The van der Waals surface area contributed by atoms with Crippen molar-refractivity contribution in [1.29, 1.82) is 0 Å². The smallest absolute Gasteiger partial charge is 0.343 e. The number of hydrogen-bond donors (Lipinski definition) is 2. The summed E-state index contributed by atoms with van der Waals surface area (Å²) in [5.41, 5.74) is 1.10. The summed E-state index contributed by atoms with van der Waals surface area (Å²) < 4.78 is 6.89. The molecular formula is C22H32N8O3. The maximum absolute atomic E-state index is 12.5. The van der Waals surface area contributed by atoms with Crippen LogP contribution in [0.3, 0.4) is 0 Å². The molecule has 4 rings (SSSR count). The molecule has 1 amide bonds. The third-order valence-corrected chi connectivity index (χ3v) is 6.30. The van der Waals surface area contributed by atoms with Crippen LogP contribution in [-0.2, 0) is 16.6 Å². The molecule has 3 heterocycles. The van der Waals surface area contributed by atoms with E-state index in [9.17, 15) is 9.59 Å². The van der Waals surface area contributed by atoms with Crippen molar-refractivity contribution in [3.63, 3.8) is 0 Å². The van der Waals surface area contributed by atoms with E-state index >= 15 is 0 Å². The van der Waals surface area contributed by atoms with Crippen LogP contribution in [0.5, 0.6) is 0 Å². The second-order valence-corrected chi connectivity index (χ2v) is 8.53. The number of piperazine rings is 1. The molecule has 1 aliphatic heterocycles. The standard InChI is InChI=1S/C22H32N8O3/c1-3-33-21(32)19-13-23-22(26-17-12-24-28(2)14-17)27-20(19)25-16-4-6-18(7-5-16)30-10-8-29(15-31)9-11-30/h12-16,18H,3-11H2,1-2H3,(H2,23,25,26,27). The monoisotopic (exact) mass is 456 g/mol. The first-order valence-electron chi connectivity index (χ1n) is 11.6. The average Bonchev–Trinajstić information content (AvgIpc) is 3.24. The zero-order valence-electron chi connectivity index (χ0n) is 19.2. The van der Waals surface area contributed by atoms with Gasteiger partial charge >= 0.3 is 5.97 Å². The van der Waals surface area contributed by atoms with E-state index in [1.54, 1.807) is 17.8 Å². The van der Waals surface area contributed by atoms with Crippen LogP contribution in [0.1, 0.15) is 43.0 Å². The Morgan fingerprint density at radius 3 is 2.58 bits per heavy atom. The lowest BCUT2D eigenvalue weighted by Crippen LogP contribution is -2.51. The highest BCUT2D eigenvalue weighted by Gasteiger charge is 2.29. The number of nitrogens with zero attached hydrogens (tertiary/aromatic N) is 6. The number of ether oxygens (including phenoxy) is 1. The number of nitrogens with one attached hydrogen (secondary N) is 2. The van der Waals surface area contributed by atoms with Gasteiger partial charge in [0.1, 0.15) is 11.4 Å². The van der Waals surface area contributed by atoms with E-state index in [1.165, 1.54) is 6.20 Å². The van der Waals surface area contributed by atoms with Gasteiger partial charge in [0.2, 0.25) is 12.4 Å². The first kappa shape index (κ1) is 23.0. The fourth-order valence-electron chi connectivity index (χ4n) is 4.51. The maximum Gasteiger partial charge on any atom is 0.343 e. The van der Waals surface area contributed by atoms with Gasteiger partial charge in [0.05, 0.1) is 18.5 Å². The molecule has 1 aliphatic carbocycles. The highest BCUT2D eigenvalue weighted by molar-refractivity contribution is 5.94. The van der Waals surface area contributed by atoms with E-state index in [-0.39, 0.29) is 12.6 Å². The van der Waals surface area contributed by atoms with Gasteiger partial charge in [-0.15, -0.1) is 0 Å². The Kier molecular flexibility index (Phi) is 7.38. The Hall–Kier alpha value is -3.21. The molecule has 1 saturated heterocycles. The van der Waals surface area contributed by atoms with Crippen LogP contribution in [0.15, 0.2) is 18.6 Å². The molecule has 1 saturated carbocycles. The van der Waals surface area contributed by atoms with Crippen molar-refractivity contribution in [2.75, 3.05) is 43.4 Å². The number of carbonyl (C=O) groups is 2. The SMILES string of the molecule is CCOC(=O)c1cnc(Nc2cnn(C)c2)nc1NC1CCC(N2CCN(C=O)CC2)CC1. The molecule has 0 radical (unpaired) electrons. The molecule has 11 nitrogen and oxygen atoms in total. The average molecular weight is 457 g/mol. The lowest BCUT2D eigenvalue weighted by molar-refractivity contribution is -0.120. The molecule has 2 aromatic rings. The van der Waals surface area contributed by atoms with Gasteiger partial charge in [-0.25, -0.2) is 9.78 Å². The second kappa shape index (κ2) is 10.6. The molecule has 0 spiro atoms. The van der Waals surface area contributed by atoms with Gasteiger partial charge in [-0.3, -0.25) is 14.4 Å². The Balaban J connectivity index is 1.40. The first-order chi connectivity index (χ1) is 16.1. The Morgan fingerprint density at radius 1 is 1.18 bits per heavy atom. The number of hydrogen-bond acceptors (Lipinski definition) is 9. The van der Waals surface area contributed by atoms with Gasteiger partial charge in [-0.05, 0) is 32.6 Å². The zero-order valence-corrected chi connectivity index (χ0v) is 19.2. The molecule has 0 unspecified atom stereocenters. The second-order valence-electron chi connectivity index (χ2n) is 8.53. The number of rotatable bonds is 8. The maximum atomic E-state index is 12.5. The third-order valence-electron chi connectivity index (χ3n) is 6.30. The fourth-order valence-corrected chi connectivity index (χ4v) is 4.51. The van der Waals surface area contributed by atoms with Crippen LogP contribution in [0, 0.1) is 0 Å². The van der Waals surface area contributed by atoms with Gasteiger partial charge < -0.3 is 20.3 Å². The highest BCUT2D eigenvalue weighted by Crippen LogP contribution is 2.27. The molecule has 2 N–H and O–H groups in total. The number of carbonyl (C=O) groups excluding carboxylic acids is 2. The van der Waals surface area contributed by atoms with Crippen molar-refractivity contribution >= 4 is 29.8 Å². The van der Waals surface area contributed by atoms with Crippen molar-refractivity contribution in [1.82, 2.24) is 29.5 Å². The lowest BCUT2D eigenvalue weighted by Gasteiger charge is -2.41. The third kappa shape index (κ3) is 5.78.